The quantitative estimate of drug-likeness (QED) is 0.808. The van der Waals surface area contributed by atoms with Crippen molar-refractivity contribution in [1.29, 1.82) is 5.41 Å². The standard InChI is InChI=1S/C14H19ClN2O/c1-2-12(16)11-9-10(15)6-7-13(11)17-14-5-3-4-8-18-14/h6-7,9,14,16-17H,2-5,8H2,1H3. The summed E-state index contributed by atoms with van der Waals surface area (Å²) >= 11 is 6.00. The molecule has 0 aromatic heterocycles. The van der Waals surface area contributed by atoms with Gasteiger partial charge in [0, 0.05) is 28.6 Å². The van der Waals surface area contributed by atoms with Crippen LogP contribution in [0.3, 0.4) is 0 Å². The Morgan fingerprint density at radius 2 is 2.33 bits per heavy atom. The maximum absolute atomic E-state index is 7.99. The van der Waals surface area contributed by atoms with Gasteiger partial charge in [-0.1, -0.05) is 18.5 Å². The number of hydrogen-bond acceptors (Lipinski definition) is 3. The van der Waals surface area contributed by atoms with Gasteiger partial charge in [-0.3, -0.25) is 0 Å². The summed E-state index contributed by atoms with van der Waals surface area (Å²) in [7, 11) is 0. The van der Waals surface area contributed by atoms with E-state index < -0.39 is 0 Å². The summed E-state index contributed by atoms with van der Waals surface area (Å²) in [4.78, 5) is 0. The molecule has 1 atom stereocenters. The first-order valence-corrected chi connectivity index (χ1v) is 6.84. The highest BCUT2D eigenvalue weighted by molar-refractivity contribution is 6.31. The van der Waals surface area contributed by atoms with Crippen molar-refractivity contribution in [2.24, 2.45) is 0 Å². The van der Waals surface area contributed by atoms with Gasteiger partial charge < -0.3 is 15.5 Å². The van der Waals surface area contributed by atoms with Gasteiger partial charge in [0.15, 0.2) is 0 Å². The van der Waals surface area contributed by atoms with Crippen molar-refractivity contribution in [1.82, 2.24) is 0 Å². The Balaban J connectivity index is 2.17. The molecule has 1 aliphatic heterocycles. The first-order chi connectivity index (χ1) is 8.70. The minimum Gasteiger partial charge on any atom is -0.360 e. The lowest BCUT2D eigenvalue weighted by molar-refractivity contribution is 0.0343. The van der Waals surface area contributed by atoms with E-state index in [2.05, 4.69) is 5.32 Å². The molecule has 1 aliphatic rings. The van der Waals surface area contributed by atoms with Crippen LogP contribution in [0.5, 0.6) is 0 Å². The number of halogens is 1. The van der Waals surface area contributed by atoms with Gasteiger partial charge in [-0.15, -0.1) is 0 Å². The van der Waals surface area contributed by atoms with E-state index in [0.29, 0.717) is 17.2 Å². The lowest BCUT2D eigenvalue weighted by Crippen LogP contribution is -2.28. The third-order valence-electron chi connectivity index (χ3n) is 3.16. The highest BCUT2D eigenvalue weighted by Gasteiger charge is 2.16. The van der Waals surface area contributed by atoms with Crippen LogP contribution in [0, 0.1) is 5.41 Å². The summed E-state index contributed by atoms with van der Waals surface area (Å²) in [5.74, 6) is 0. The van der Waals surface area contributed by atoms with E-state index in [1.54, 1.807) is 0 Å². The van der Waals surface area contributed by atoms with Crippen molar-refractivity contribution in [3.8, 4) is 0 Å². The number of hydrogen-bond donors (Lipinski definition) is 2. The number of anilines is 1. The van der Waals surface area contributed by atoms with Gasteiger partial charge in [-0.2, -0.15) is 0 Å². The third kappa shape index (κ3) is 3.24. The van der Waals surface area contributed by atoms with Crippen LogP contribution >= 0.6 is 11.6 Å². The fourth-order valence-electron chi connectivity index (χ4n) is 2.11. The van der Waals surface area contributed by atoms with Crippen LogP contribution in [0.1, 0.15) is 38.2 Å². The average Bonchev–Trinajstić information content (AvgIpc) is 2.41. The van der Waals surface area contributed by atoms with Gasteiger partial charge in [0.1, 0.15) is 6.23 Å². The van der Waals surface area contributed by atoms with Gasteiger partial charge >= 0.3 is 0 Å². The normalized spacial score (nSPS) is 19.6. The number of rotatable bonds is 4. The van der Waals surface area contributed by atoms with Crippen LogP contribution in [0.15, 0.2) is 18.2 Å². The molecule has 0 bridgehead atoms. The number of nitrogens with one attached hydrogen (secondary N) is 2. The first-order valence-electron chi connectivity index (χ1n) is 6.46. The molecular formula is C14H19ClN2O. The zero-order valence-electron chi connectivity index (χ0n) is 10.6. The lowest BCUT2D eigenvalue weighted by Gasteiger charge is -2.25. The van der Waals surface area contributed by atoms with Crippen LogP contribution in [-0.2, 0) is 4.74 Å². The fraction of sp³-hybridized carbons (Fsp3) is 0.500. The second kappa shape index (κ2) is 6.21. The molecular weight excluding hydrogens is 248 g/mol. The van der Waals surface area contributed by atoms with Crippen molar-refractivity contribution in [2.75, 3.05) is 11.9 Å². The van der Waals surface area contributed by atoms with E-state index in [-0.39, 0.29) is 6.23 Å². The van der Waals surface area contributed by atoms with E-state index in [0.717, 1.165) is 30.7 Å². The van der Waals surface area contributed by atoms with Gasteiger partial charge in [-0.25, -0.2) is 0 Å². The van der Waals surface area contributed by atoms with Crippen LogP contribution in [0.2, 0.25) is 5.02 Å². The Kier molecular flexibility index (Phi) is 4.61. The summed E-state index contributed by atoms with van der Waals surface area (Å²) < 4.78 is 5.67. The summed E-state index contributed by atoms with van der Waals surface area (Å²) in [5, 5.41) is 12.0. The predicted molar refractivity (Wildman–Crippen MR) is 75.8 cm³/mol. The first kappa shape index (κ1) is 13.4. The third-order valence-corrected chi connectivity index (χ3v) is 3.39. The van der Waals surface area contributed by atoms with Crippen molar-refractivity contribution >= 4 is 23.0 Å². The maximum Gasteiger partial charge on any atom is 0.127 e. The Bertz CT molecular complexity index is 428. The molecule has 0 spiro atoms. The summed E-state index contributed by atoms with van der Waals surface area (Å²) in [6.45, 7) is 2.79. The van der Waals surface area contributed by atoms with Crippen LogP contribution < -0.4 is 5.32 Å². The van der Waals surface area contributed by atoms with Crippen molar-refractivity contribution in [2.45, 2.75) is 38.8 Å². The summed E-state index contributed by atoms with van der Waals surface area (Å²) in [6.07, 6.45) is 4.09. The summed E-state index contributed by atoms with van der Waals surface area (Å²) in [6, 6.07) is 5.62. The molecule has 1 unspecified atom stereocenters. The fourth-order valence-corrected chi connectivity index (χ4v) is 2.28. The second-order valence-corrected chi connectivity index (χ2v) is 4.96. The molecule has 2 N–H and O–H groups in total. The minimum atomic E-state index is 0.0586. The van der Waals surface area contributed by atoms with Gasteiger partial charge in [0.05, 0.1) is 0 Å². The number of ether oxygens (including phenoxy) is 1. The molecule has 0 radical (unpaired) electrons. The van der Waals surface area contributed by atoms with E-state index in [1.165, 1.54) is 6.42 Å². The van der Waals surface area contributed by atoms with E-state index in [1.807, 2.05) is 25.1 Å². The van der Waals surface area contributed by atoms with Gasteiger partial charge in [0.25, 0.3) is 0 Å². The zero-order valence-corrected chi connectivity index (χ0v) is 11.4. The van der Waals surface area contributed by atoms with E-state index >= 15 is 0 Å². The van der Waals surface area contributed by atoms with E-state index in [9.17, 15) is 0 Å². The molecule has 0 saturated carbocycles. The summed E-state index contributed by atoms with van der Waals surface area (Å²) in [5.41, 5.74) is 2.41. The lowest BCUT2D eigenvalue weighted by atomic mass is 10.1. The molecule has 3 nitrogen and oxygen atoms in total. The topological polar surface area (TPSA) is 45.1 Å². The molecule has 98 valence electrons. The Morgan fingerprint density at radius 1 is 1.50 bits per heavy atom. The number of benzene rings is 1. The largest absolute Gasteiger partial charge is 0.360 e. The molecule has 0 amide bonds. The second-order valence-electron chi connectivity index (χ2n) is 4.52. The average molecular weight is 267 g/mol. The highest BCUT2D eigenvalue weighted by atomic mass is 35.5. The Labute approximate surface area is 113 Å². The van der Waals surface area contributed by atoms with Crippen LogP contribution in [0.25, 0.3) is 0 Å². The van der Waals surface area contributed by atoms with Crippen molar-refractivity contribution in [3.05, 3.63) is 28.8 Å². The Morgan fingerprint density at radius 3 is 3.00 bits per heavy atom. The Hall–Kier alpha value is -1.06. The van der Waals surface area contributed by atoms with Crippen molar-refractivity contribution < 1.29 is 4.74 Å². The predicted octanol–water partition coefficient (Wildman–Crippen LogP) is 4.06. The van der Waals surface area contributed by atoms with Gasteiger partial charge in [0.2, 0.25) is 0 Å². The smallest absolute Gasteiger partial charge is 0.127 e. The molecule has 18 heavy (non-hydrogen) atoms. The monoisotopic (exact) mass is 266 g/mol. The molecule has 2 rings (SSSR count). The molecule has 1 heterocycles. The minimum absolute atomic E-state index is 0.0586. The SMILES string of the molecule is CCC(=N)c1cc(Cl)ccc1NC1CCCCO1. The molecule has 4 heteroatoms. The molecule has 1 aromatic rings. The molecule has 1 fully saturated rings. The van der Waals surface area contributed by atoms with Crippen LogP contribution in [-0.4, -0.2) is 18.5 Å². The highest BCUT2D eigenvalue weighted by Crippen LogP contribution is 2.24. The van der Waals surface area contributed by atoms with Gasteiger partial charge in [-0.05, 0) is 43.9 Å². The molecule has 1 aromatic carbocycles. The van der Waals surface area contributed by atoms with Crippen LogP contribution in [0.4, 0.5) is 5.69 Å². The van der Waals surface area contributed by atoms with Crippen molar-refractivity contribution in [3.63, 3.8) is 0 Å². The maximum atomic E-state index is 7.99. The molecule has 0 aliphatic carbocycles. The van der Waals surface area contributed by atoms with E-state index in [4.69, 9.17) is 21.7 Å². The zero-order chi connectivity index (χ0) is 13.0. The molecule has 1 saturated heterocycles.